The molecule has 1 atom stereocenters. The molecule has 0 saturated carbocycles. The molecule has 3 rings (SSSR count). The number of likely N-dealkylation sites (N-methyl/N-ethyl adjacent to an activating group) is 1. The molecule has 2 N–H and O–H groups in total. The SMILES string of the molecule is CN(C)CC(N)c1noc(-c2ccc3ccccc3c2)n1. The van der Waals surface area contributed by atoms with E-state index in [9.17, 15) is 0 Å². The van der Waals surface area contributed by atoms with Gasteiger partial charge in [0.1, 0.15) is 0 Å². The first-order chi connectivity index (χ1) is 10.1. The van der Waals surface area contributed by atoms with E-state index in [1.165, 1.54) is 5.39 Å². The Labute approximate surface area is 123 Å². The van der Waals surface area contributed by atoms with E-state index in [0.29, 0.717) is 18.3 Å². The van der Waals surface area contributed by atoms with E-state index in [4.69, 9.17) is 10.3 Å². The molecule has 2 aromatic carbocycles. The molecule has 0 saturated heterocycles. The lowest BCUT2D eigenvalue weighted by Gasteiger charge is -2.12. The number of nitrogens with two attached hydrogens (primary N) is 1. The van der Waals surface area contributed by atoms with Crippen LogP contribution in [-0.2, 0) is 0 Å². The van der Waals surface area contributed by atoms with Crippen molar-refractivity contribution in [1.29, 1.82) is 0 Å². The van der Waals surface area contributed by atoms with Crippen LogP contribution < -0.4 is 5.73 Å². The van der Waals surface area contributed by atoms with Crippen molar-refractivity contribution in [3.05, 3.63) is 48.3 Å². The first-order valence-corrected chi connectivity index (χ1v) is 6.86. The zero-order valence-electron chi connectivity index (χ0n) is 12.2. The van der Waals surface area contributed by atoms with Crippen LogP contribution in [0.3, 0.4) is 0 Å². The smallest absolute Gasteiger partial charge is 0.258 e. The lowest BCUT2D eigenvalue weighted by atomic mass is 10.1. The van der Waals surface area contributed by atoms with E-state index in [1.54, 1.807) is 0 Å². The number of benzene rings is 2. The minimum absolute atomic E-state index is 0.252. The van der Waals surface area contributed by atoms with Gasteiger partial charge in [-0.15, -0.1) is 0 Å². The van der Waals surface area contributed by atoms with Crippen LogP contribution in [0.1, 0.15) is 11.9 Å². The summed E-state index contributed by atoms with van der Waals surface area (Å²) >= 11 is 0. The van der Waals surface area contributed by atoms with Gasteiger partial charge in [0.25, 0.3) is 5.89 Å². The van der Waals surface area contributed by atoms with E-state index >= 15 is 0 Å². The summed E-state index contributed by atoms with van der Waals surface area (Å²) in [6, 6.07) is 14.0. The molecular weight excluding hydrogens is 264 g/mol. The monoisotopic (exact) mass is 282 g/mol. The van der Waals surface area contributed by atoms with Crippen molar-refractivity contribution in [1.82, 2.24) is 15.0 Å². The summed E-state index contributed by atoms with van der Waals surface area (Å²) < 4.78 is 5.34. The Hall–Kier alpha value is -2.24. The van der Waals surface area contributed by atoms with E-state index in [1.807, 2.05) is 49.3 Å². The van der Waals surface area contributed by atoms with Crippen LogP contribution in [0.25, 0.3) is 22.2 Å². The van der Waals surface area contributed by atoms with Crippen molar-refractivity contribution in [3.63, 3.8) is 0 Å². The second kappa shape index (κ2) is 5.63. The molecule has 3 aromatic rings. The van der Waals surface area contributed by atoms with E-state index in [0.717, 1.165) is 10.9 Å². The molecule has 1 aromatic heterocycles. The largest absolute Gasteiger partial charge is 0.334 e. The lowest BCUT2D eigenvalue weighted by molar-refractivity contribution is 0.357. The summed E-state index contributed by atoms with van der Waals surface area (Å²) in [5.41, 5.74) is 6.96. The summed E-state index contributed by atoms with van der Waals surface area (Å²) in [6.07, 6.45) is 0. The maximum Gasteiger partial charge on any atom is 0.258 e. The lowest BCUT2D eigenvalue weighted by Crippen LogP contribution is -2.26. The van der Waals surface area contributed by atoms with Crippen molar-refractivity contribution in [2.24, 2.45) is 5.73 Å². The van der Waals surface area contributed by atoms with E-state index in [2.05, 4.69) is 22.3 Å². The van der Waals surface area contributed by atoms with Crippen LogP contribution in [0, 0.1) is 0 Å². The Morgan fingerprint density at radius 2 is 1.90 bits per heavy atom. The number of fused-ring (bicyclic) bond motifs is 1. The molecule has 0 amide bonds. The highest BCUT2D eigenvalue weighted by molar-refractivity contribution is 5.86. The number of hydrogen-bond donors (Lipinski definition) is 1. The van der Waals surface area contributed by atoms with E-state index < -0.39 is 0 Å². The summed E-state index contributed by atoms with van der Waals surface area (Å²) in [6.45, 7) is 0.677. The van der Waals surface area contributed by atoms with Crippen LogP contribution in [0.4, 0.5) is 0 Å². The van der Waals surface area contributed by atoms with Gasteiger partial charge in [-0.05, 0) is 37.0 Å². The highest BCUT2D eigenvalue weighted by atomic mass is 16.5. The Kier molecular flexibility index (Phi) is 3.68. The molecular formula is C16H18N4O. The summed E-state index contributed by atoms with van der Waals surface area (Å²) in [4.78, 5) is 6.41. The van der Waals surface area contributed by atoms with Gasteiger partial charge in [0.15, 0.2) is 5.82 Å². The van der Waals surface area contributed by atoms with Crippen molar-refractivity contribution in [2.45, 2.75) is 6.04 Å². The molecule has 1 heterocycles. The molecule has 108 valence electrons. The molecule has 0 aliphatic rings. The Balaban J connectivity index is 1.90. The van der Waals surface area contributed by atoms with Crippen molar-refractivity contribution < 1.29 is 4.52 Å². The first kappa shape index (κ1) is 13.7. The summed E-state index contributed by atoms with van der Waals surface area (Å²) in [7, 11) is 3.92. The maximum absolute atomic E-state index is 6.05. The molecule has 21 heavy (non-hydrogen) atoms. The normalized spacial score (nSPS) is 13.0. The third kappa shape index (κ3) is 2.94. The average Bonchev–Trinajstić information content (AvgIpc) is 2.96. The molecule has 0 aliphatic heterocycles. The second-order valence-electron chi connectivity index (χ2n) is 5.39. The van der Waals surface area contributed by atoms with Gasteiger partial charge in [-0.3, -0.25) is 0 Å². The molecule has 1 unspecified atom stereocenters. The standard InChI is InChI=1S/C16H18N4O/c1-20(2)10-14(17)15-18-16(21-19-15)13-8-7-11-5-3-4-6-12(11)9-13/h3-9,14H,10,17H2,1-2H3. The van der Waals surface area contributed by atoms with Crippen LogP contribution in [0.15, 0.2) is 47.0 Å². The van der Waals surface area contributed by atoms with Crippen LogP contribution in [0.5, 0.6) is 0 Å². The summed E-state index contributed by atoms with van der Waals surface area (Å²) in [5.74, 6) is 1.04. The van der Waals surface area contributed by atoms with Gasteiger partial charge >= 0.3 is 0 Å². The fraction of sp³-hybridized carbons (Fsp3) is 0.250. The predicted octanol–water partition coefficient (Wildman–Crippen LogP) is 2.45. The van der Waals surface area contributed by atoms with Crippen LogP contribution >= 0.6 is 0 Å². The number of nitrogens with zero attached hydrogens (tertiary/aromatic N) is 3. The molecule has 0 aliphatic carbocycles. The Morgan fingerprint density at radius 3 is 2.67 bits per heavy atom. The van der Waals surface area contributed by atoms with Gasteiger partial charge in [-0.1, -0.05) is 35.5 Å². The predicted molar refractivity (Wildman–Crippen MR) is 82.7 cm³/mol. The molecule has 5 nitrogen and oxygen atoms in total. The molecule has 0 fully saturated rings. The summed E-state index contributed by atoms with van der Waals surface area (Å²) in [5, 5.41) is 6.32. The quantitative estimate of drug-likeness (QED) is 0.796. The molecule has 0 bridgehead atoms. The van der Waals surface area contributed by atoms with Gasteiger partial charge in [0.05, 0.1) is 6.04 Å². The molecule has 0 radical (unpaired) electrons. The zero-order chi connectivity index (χ0) is 14.8. The highest BCUT2D eigenvalue weighted by Gasteiger charge is 2.16. The van der Waals surface area contributed by atoms with Gasteiger partial charge in [0, 0.05) is 12.1 Å². The van der Waals surface area contributed by atoms with Crippen molar-refractivity contribution >= 4 is 10.8 Å². The Morgan fingerprint density at radius 1 is 1.14 bits per heavy atom. The third-order valence-corrected chi connectivity index (χ3v) is 3.33. The van der Waals surface area contributed by atoms with Gasteiger partial charge < -0.3 is 15.2 Å². The van der Waals surface area contributed by atoms with Gasteiger partial charge in [-0.2, -0.15) is 4.98 Å². The van der Waals surface area contributed by atoms with E-state index in [-0.39, 0.29) is 6.04 Å². The minimum Gasteiger partial charge on any atom is -0.334 e. The fourth-order valence-corrected chi connectivity index (χ4v) is 2.30. The number of aromatic nitrogens is 2. The third-order valence-electron chi connectivity index (χ3n) is 3.33. The minimum atomic E-state index is -0.252. The van der Waals surface area contributed by atoms with Crippen molar-refractivity contribution in [2.75, 3.05) is 20.6 Å². The Bertz CT molecular complexity index is 751. The second-order valence-corrected chi connectivity index (χ2v) is 5.39. The maximum atomic E-state index is 6.05. The molecule has 5 heteroatoms. The average molecular weight is 282 g/mol. The van der Waals surface area contributed by atoms with Gasteiger partial charge in [-0.25, -0.2) is 0 Å². The van der Waals surface area contributed by atoms with Crippen molar-refractivity contribution in [3.8, 4) is 11.5 Å². The topological polar surface area (TPSA) is 68.2 Å². The van der Waals surface area contributed by atoms with Gasteiger partial charge in [0.2, 0.25) is 0 Å². The van der Waals surface area contributed by atoms with Crippen LogP contribution in [-0.4, -0.2) is 35.7 Å². The fourth-order valence-electron chi connectivity index (χ4n) is 2.30. The number of hydrogen-bond acceptors (Lipinski definition) is 5. The molecule has 0 spiro atoms. The first-order valence-electron chi connectivity index (χ1n) is 6.86. The highest BCUT2D eigenvalue weighted by Crippen LogP contribution is 2.23. The number of rotatable bonds is 4. The zero-order valence-corrected chi connectivity index (χ0v) is 12.2. The van der Waals surface area contributed by atoms with Crippen LogP contribution in [0.2, 0.25) is 0 Å².